The summed E-state index contributed by atoms with van der Waals surface area (Å²) < 4.78 is 38.2. The molecular weight excluding hydrogens is 251 g/mol. The molecule has 0 aromatic carbocycles. The van der Waals surface area contributed by atoms with Crippen molar-refractivity contribution in [3.05, 3.63) is 16.4 Å². The third kappa shape index (κ3) is 2.12. The van der Waals surface area contributed by atoms with E-state index in [4.69, 9.17) is 22.4 Å². The van der Waals surface area contributed by atoms with Gasteiger partial charge in [-0.2, -0.15) is 18.3 Å². The van der Waals surface area contributed by atoms with E-state index in [-0.39, 0.29) is 0 Å². The third-order valence-corrected chi connectivity index (χ3v) is 2.31. The van der Waals surface area contributed by atoms with Gasteiger partial charge >= 0.3 is 12.1 Å². The van der Waals surface area contributed by atoms with Crippen LogP contribution >= 0.6 is 11.6 Å². The van der Waals surface area contributed by atoms with Gasteiger partial charge < -0.3 is 10.8 Å². The zero-order chi connectivity index (χ0) is 12.7. The van der Waals surface area contributed by atoms with Gasteiger partial charge in [0.25, 0.3) is 0 Å². The number of alkyl halides is 3. The Kier molecular flexibility index (Phi) is 3.15. The minimum absolute atomic E-state index is 0.442. The molecule has 1 heterocycles. The SMILES string of the molecule is Cn1nc(C(F)(F)F)c(C(N)C(=O)O)c1Cl. The minimum Gasteiger partial charge on any atom is -0.480 e. The summed E-state index contributed by atoms with van der Waals surface area (Å²) in [7, 11) is 1.16. The largest absolute Gasteiger partial charge is 0.480 e. The zero-order valence-corrected chi connectivity index (χ0v) is 8.67. The molecule has 1 unspecified atom stereocenters. The number of carboxylic acid groups (broad SMARTS) is 1. The Morgan fingerprint density at radius 2 is 2.12 bits per heavy atom. The smallest absolute Gasteiger partial charge is 0.435 e. The van der Waals surface area contributed by atoms with Crippen molar-refractivity contribution in [1.82, 2.24) is 9.78 Å². The topological polar surface area (TPSA) is 81.1 Å². The van der Waals surface area contributed by atoms with Gasteiger partial charge in [0.2, 0.25) is 0 Å². The second-order valence-electron chi connectivity index (χ2n) is 2.99. The lowest BCUT2D eigenvalue weighted by molar-refractivity contribution is -0.143. The number of aliphatic carboxylic acids is 1. The molecule has 3 N–H and O–H groups in total. The summed E-state index contributed by atoms with van der Waals surface area (Å²) in [5.41, 5.74) is 3.00. The molecule has 0 saturated carbocycles. The van der Waals surface area contributed by atoms with Gasteiger partial charge in [0, 0.05) is 12.6 Å². The Hall–Kier alpha value is -1.28. The van der Waals surface area contributed by atoms with Gasteiger partial charge in [-0.1, -0.05) is 11.6 Å². The second-order valence-corrected chi connectivity index (χ2v) is 3.35. The maximum atomic E-state index is 12.5. The highest BCUT2D eigenvalue weighted by Gasteiger charge is 2.41. The van der Waals surface area contributed by atoms with E-state index in [0.29, 0.717) is 0 Å². The number of rotatable bonds is 2. The fraction of sp³-hybridized carbons (Fsp3) is 0.429. The van der Waals surface area contributed by atoms with Crippen LogP contribution in [0, 0.1) is 0 Å². The summed E-state index contributed by atoms with van der Waals surface area (Å²) in [4.78, 5) is 10.6. The number of nitrogens with two attached hydrogens (primary N) is 1. The van der Waals surface area contributed by atoms with Crippen molar-refractivity contribution in [3.63, 3.8) is 0 Å². The summed E-state index contributed by atoms with van der Waals surface area (Å²) in [5, 5.41) is 11.2. The van der Waals surface area contributed by atoms with Crippen LogP contribution in [0.4, 0.5) is 13.2 Å². The van der Waals surface area contributed by atoms with E-state index in [9.17, 15) is 18.0 Å². The van der Waals surface area contributed by atoms with E-state index in [1.807, 2.05) is 0 Å². The van der Waals surface area contributed by atoms with Gasteiger partial charge in [-0.25, -0.2) is 0 Å². The predicted octanol–water partition coefficient (Wildman–Crippen LogP) is 1.18. The standard InChI is InChI=1S/C7H7ClF3N3O2/c1-14-5(8)2(3(12)6(15)16)4(13-14)7(9,10)11/h3H,12H2,1H3,(H,15,16). The molecule has 0 bridgehead atoms. The molecule has 0 spiro atoms. The number of hydrogen-bond acceptors (Lipinski definition) is 3. The van der Waals surface area contributed by atoms with Crippen LogP contribution in [0.5, 0.6) is 0 Å². The fourth-order valence-corrected chi connectivity index (χ4v) is 1.37. The van der Waals surface area contributed by atoms with Crippen LogP contribution in [0.3, 0.4) is 0 Å². The lowest BCUT2D eigenvalue weighted by Gasteiger charge is -2.09. The Balaban J connectivity index is 3.41. The van der Waals surface area contributed by atoms with Crippen molar-refractivity contribution in [2.75, 3.05) is 0 Å². The summed E-state index contributed by atoms with van der Waals surface area (Å²) in [6.07, 6.45) is -4.80. The second kappa shape index (κ2) is 3.95. The quantitative estimate of drug-likeness (QED) is 0.833. The molecule has 0 aliphatic heterocycles. The van der Waals surface area contributed by atoms with E-state index >= 15 is 0 Å². The Labute approximate surface area is 92.6 Å². The molecule has 0 radical (unpaired) electrons. The highest BCUT2D eigenvalue weighted by molar-refractivity contribution is 6.30. The molecule has 16 heavy (non-hydrogen) atoms. The van der Waals surface area contributed by atoms with Crippen LogP contribution in [-0.2, 0) is 18.0 Å². The van der Waals surface area contributed by atoms with Gasteiger partial charge in [-0.3, -0.25) is 9.48 Å². The van der Waals surface area contributed by atoms with Crippen molar-refractivity contribution in [1.29, 1.82) is 0 Å². The number of halogens is 4. The highest BCUT2D eigenvalue weighted by atomic mass is 35.5. The number of nitrogens with zero attached hydrogens (tertiary/aromatic N) is 2. The van der Waals surface area contributed by atoms with E-state index in [2.05, 4.69) is 5.10 Å². The summed E-state index contributed by atoms with van der Waals surface area (Å²) in [5.74, 6) is -1.61. The molecule has 0 aliphatic carbocycles. The lowest BCUT2D eigenvalue weighted by atomic mass is 10.1. The molecule has 90 valence electrons. The van der Waals surface area contributed by atoms with Crippen molar-refractivity contribution in [2.24, 2.45) is 12.8 Å². The van der Waals surface area contributed by atoms with Crippen molar-refractivity contribution < 1.29 is 23.1 Å². The fourth-order valence-electron chi connectivity index (χ4n) is 1.13. The van der Waals surface area contributed by atoms with Crippen molar-refractivity contribution in [3.8, 4) is 0 Å². The average molecular weight is 258 g/mol. The van der Waals surface area contributed by atoms with Gasteiger partial charge in [-0.05, 0) is 0 Å². The first-order valence-corrected chi connectivity index (χ1v) is 4.32. The van der Waals surface area contributed by atoms with Crippen LogP contribution in [0.1, 0.15) is 17.3 Å². The van der Waals surface area contributed by atoms with Crippen LogP contribution < -0.4 is 5.73 Å². The predicted molar refractivity (Wildman–Crippen MR) is 47.8 cm³/mol. The Morgan fingerprint density at radius 1 is 1.62 bits per heavy atom. The lowest BCUT2D eigenvalue weighted by Crippen LogP contribution is -2.24. The summed E-state index contributed by atoms with van der Waals surface area (Å²) >= 11 is 5.52. The minimum atomic E-state index is -4.80. The number of carboxylic acids is 1. The van der Waals surface area contributed by atoms with Crippen LogP contribution in [0.15, 0.2) is 0 Å². The van der Waals surface area contributed by atoms with Crippen LogP contribution in [0.25, 0.3) is 0 Å². The van der Waals surface area contributed by atoms with E-state index in [1.54, 1.807) is 0 Å². The normalized spacial score (nSPS) is 13.9. The molecule has 1 aromatic rings. The molecule has 0 aliphatic rings. The maximum absolute atomic E-state index is 12.5. The molecule has 1 rings (SSSR count). The molecule has 1 aromatic heterocycles. The number of hydrogen-bond donors (Lipinski definition) is 2. The van der Waals surface area contributed by atoms with Gasteiger partial charge in [-0.15, -0.1) is 0 Å². The van der Waals surface area contributed by atoms with Gasteiger partial charge in [0.15, 0.2) is 5.69 Å². The van der Waals surface area contributed by atoms with Crippen LogP contribution in [-0.4, -0.2) is 20.9 Å². The molecular formula is C7H7ClF3N3O2. The van der Waals surface area contributed by atoms with Crippen molar-refractivity contribution >= 4 is 17.6 Å². The average Bonchev–Trinajstić information content (AvgIpc) is 2.42. The number of carbonyl (C=O) groups is 1. The zero-order valence-electron chi connectivity index (χ0n) is 7.92. The summed E-state index contributed by atoms with van der Waals surface area (Å²) in [6.45, 7) is 0. The first kappa shape index (κ1) is 12.8. The van der Waals surface area contributed by atoms with E-state index in [0.717, 1.165) is 11.7 Å². The first-order valence-electron chi connectivity index (χ1n) is 3.94. The molecule has 1 atom stereocenters. The molecule has 0 fully saturated rings. The van der Waals surface area contributed by atoms with Gasteiger partial charge in [0.1, 0.15) is 11.2 Å². The first-order chi connectivity index (χ1) is 7.16. The van der Waals surface area contributed by atoms with Gasteiger partial charge in [0.05, 0.1) is 0 Å². The van der Waals surface area contributed by atoms with E-state index in [1.165, 1.54) is 0 Å². The molecule has 9 heteroatoms. The third-order valence-electron chi connectivity index (χ3n) is 1.86. The van der Waals surface area contributed by atoms with Crippen LogP contribution in [0.2, 0.25) is 5.15 Å². The highest BCUT2D eigenvalue weighted by Crippen LogP contribution is 2.36. The maximum Gasteiger partial charge on any atom is 0.435 e. The number of aromatic nitrogens is 2. The Bertz CT molecular complexity index is 429. The monoisotopic (exact) mass is 257 g/mol. The molecule has 0 saturated heterocycles. The molecule has 0 amide bonds. The van der Waals surface area contributed by atoms with Crippen molar-refractivity contribution in [2.45, 2.75) is 12.2 Å². The summed E-state index contributed by atoms with van der Waals surface area (Å²) in [6, 6.07) is -1.86. The number of aryl methyl sites for hydroxylation is 1. The Morgan fingerprint density at radius 3 is 2.50 bits per heavy atom. The van der Waals surface area contributed by atoms with E-state index < -0.39 is 34.6 Å². The molecule has 5 nitrogen and oxygen atoms in total.